The maximum absolute atomic E-state index is 15.1. The molecule has 0 radical (unpaired) electrons. The largest absolute Gasteiger partial charge is 0.391 e. The van der Waals surface area contributed by atoms with E-state index < -0.39 is 12.1 Å². The summed E-state index contributed by atoms with van der Waals surface area (Å²) in [4.78, 5) is 30.0. The Morgan fingerprint density at radius 1 is 0.490 bits per heavy atom. The van der Waals surface area contributed by atoms with Gasteiger partial charge in [0.2, 0.25) is 0 Å². The van der Waals surface area contributed by atoms with Gasteiger partial charge in [0.15, 0.2) is 0 Å². The minimum absolute atomic E-state index is 0.00406. The molecule has 278 valence electrons. The minimum atomic E-state index is -4.14. The normalized spacial score (nSPS) is 45.3. The number of halogens is 3. The van der Waals surface area contributed by atoms with E-state index in [4.69, 9.17) is 0 Å². The summed E-state index contributed by atoms with van der Waals surface area (Å²) in [7, 11) is 0. The van der Waals surface area contributed by atoms with Crippen molar-refractivity contribution in [1.29, 1.82) is 0 Å². The SMILES string of the molecule is CC(C)(C)C1CCC(SC2CCC(SC3CCC4CCCCC4C3)C3C(=O)C4CCCC(SC5CCCC(C(F)(F)F)C5)C4C(=O)C23)CC1. The van der Waals surface area contributed by atoms with Crippen LogP contribution in [0.1, 0.15) is 149 Å². The lowest BCUT2D eigenvalue weighted by molar-refractivity contribution is -0.181. The van der Waals surface area contributed by atoms with Gasteiger partial charge in [0.1, 0.15) is 11.6 Å². The zero-order valence-electron chi connectivity index (χ0n) is 30.4. The minimum Gasteiger partial charge on any atom is -0.299 e. The maximum Gasteiger partial charge on any atom is 0.391 e. The molecule has 7 saturated carbocycles. The Bertz CT molecular complexity index is 1160. The topological polar surface area (TPSA) is 34.1 Å². The molecule has 7 rings (SSSR count). The van der Waals surface area contributed by atoms with Gasteiger partial charge in [0, 0.05) is 55.2 Å². The fourth-order valence-electron chi connectivity index (χ4n) is 12.0. The van der Waals surface area contributed by atoms with Gasteiger partial charge in [-0.2, -0.15) is 48.5 Å². The highest BCUT2D eigenvalue weighted by Gasteiger charge is 2.59. The third-order valence-corrected chi connectivity index (χ3v) is 19.8. The van der Waals surface area contributed by atoms with E-state index in [-0.39, 0.29) is 57.5 Å². The number of thioether (sulfide) groups is 3. The average Bonchev–Trinajstić information content (AvgIpc) is 3.07. The summed E-state index contributed by atoms with van der Waals surface area (Å²) in [6.45, 7) is 7.11. The van der Waals surface area contributed by atoms with Crippen molar-refractivity contribution in [3.05, 3.63) is 0 Å². The molecule has 0 aromatic carbocycles. The first-order valence-corrected chi connectivity index (χ1v) is 23.3. The van der Waals surface area contributed by atoms with Crippen molar-refractivity contribution < 1.29 is 22.8 Å². The van der Waals surface area contributed by atoms with Crippen LogP contribution in [0.15, 0.2) is 0 Å². The molecule has 12 unspecified atom stereocenters. The van der Waals surface area contributed by atoms with Crippen molar-refractivity contribution in [2.75, 3.05) is 0 Å². The number of hydrogen-bond acceptors (Lipinski definition) is 5. The molecule has 0 spiro atoms. The molecule has 0 aromatic rings. The lowest BCUT2D eigenvalue weighted by Gasteiger charge is -2.52. The lowest BCUT2D eigenvalue weighted by Crippen LogP contribution is -2.59. The van der Waals surface area contributed by atoms with E-state index in [1.165, 1.54) is 70.6 Å². The number of alkyl halides is 3. The van der Waals surface area contributed by atoms with Crippen LogP contribution in [-0.4, -0.2) is 49.2 Å². The van der Waals surface area contributed by atoms with Crippen molar-refractivity contribution >= 4 is 46.9 Å². The van der Waals surface area contributed by atoms with Crippen LogP contribution in [0.2, 0.25) is 0 Å². The van der Waals surface area contributed by atoms with Crippen molar-refractivity contribution in [2.24, 2.45) is 52.8 Å². The first kappa shape index (κ1) is 37.5. The number of ketones is 2. The number of carbonyl (C=O) groups is 2. The summed E-state index contributed by atoms with van der Waals surface area (Å²) in [6.07, 6.45) is 16.7. The molecule has 0 heterocycles. The molecule has 49 heavy (non-hydrogen) atoms. The summed E-state index contributed by atoms with van der Waals surface area (Å²) in [5.41, 5.74) is 0.333. The van der Waals surface area contributed by atoms with Gasteiger partial charge >= 0.3 is 6.18 Å². The van der Waals surface area contributed by atoms with Crippen LogP contribution in [-0.2, 0) is 9.59 Å². The second-order valence-corrected chi connectivity index (χ2v) is 23.3. The van der Waals surface area contributed by atoms with Crippen LogP contribution in [0.5, 0.6) is 0 Å². The number of Topliss-reactive ketones (excluding diaryl/α,β-unsaturated/α-hetero) is 2. The Balaban J connectivity index is 1.10. The quantitative estimate of drug-likeness (QED) is 0.271. The number of carbonyl (C=O) groups excluding carboxylic acids is 2. The second kappa shape index (κ2) is 15.5. The smallest absolute Gasteiger partial charge is 0.299 e. The highest BCUT2D eigenvalue weighted by Crippen LogP contribution is 2.57. The molecule has 7 aliphatic rings. The van der Waals surface area contributed by atoms with Gasteiger partial charge in [-0.3, -0.25) is 9.59 Å². The second-order valence-electron chi connectivity index (χ2n) is 18.6. The summed E-state index contributed by atoms with van der Waals surface area (Å²) < 4.78 is 41.2. The van der Waals surface area contributed by atoms with Gasteiger partial charge in [-0.25, -0.2) is 0 Å². The molecular formula is C41H63F3O2S3. The van der Waals surface area contributed by atoms with E-state index in [9.17, 15) is 18.0 Å². The Morgan fingerprint density at radius 2 is 1.06 bits per heavy atom. The summed E-state index contributed by atoms with van der Waals surface area (Å²) in [5.74, 6) is 1.14. The summed E-state index contributed by atoms with van der Waals surface area (Å²) in [5, 5.41) is 1.58. The van der Waals surface area contributed by atoms with E-state index in [2.05, 4.69) is 44.3 Å². The maximum atomic E-state index is 15.1. The Morgan fingerprint density at radius 3 is 1.73 bits per heavy atom. The third-order valence-electron chi connectivity index (χ3n) is 14.7. The molecule has 0 aromatic heterocycles. The van der Waals surface area contributed by atoms with Gasteiger partial charge < -0.3 is 0 Å². The molecule has 0 saturated heterocycles. The number of rotatable bonds is 6. The van der Waals surface area contributed by atoms with Gasteiger partial charge in [0.25, 0.3) is 0 Å². The molecule has 0 aliphatic heterocycles. The number of fused-ring (bicyclic) bond motifs is 3. The van der Waals surface area contributed by atoms with Crippen LogP contribution in [0.25, 0.3) is 0 Å². The molecule has 0 N–H and O–H groups in total. The molecule has 7 aliphatic carbocycles. The zero-order chi connectivity index (χ0) is 34.5. The molecule has 2 nitrogen and oxygen atoms in total. The van der Waals surface area contributed by atoms with Gasteiger partial charge in [-0.05, 0) is 113 Å². The predicted molar refractivity (Wildman–Crippen MR) is 201 cm³/mol. The average molecular weight is 741 g/mol. The predicted octanol–water partition coefficient (Wildman–Crippen LogP) is 12.0. The molecule has 7 fully saturated rings. The monoisotopic (exact) mass is 740 g/mol. The molecule has 0 amide bonds. The van der Waals surface area contributed by atoms with E-state index in [1.54, 1.807) is 11.8 Å². The third kappa shape index (κ3) is 8.31. The highest BCUT2D eigenvalue weighted by atomic mass is 32.2. The Labute approximate surface area is 307 Å². The first-order valence-electron chi connectivity index (χ1n) is 20.5. The standard InChI is InChI=1S/C41H63F3O2S3/c1-40(2,3)26-15-18-28(19-16-26)47-34-21-20-33(49-30-17-14-24-8-4-5-9-25(24)22-30)36-37(34)39(46)35-31(38(36)45)12-7-13-32(35)48-29-11-6-10-27(23-29)41(42,43)44/h24-37H,4-23H2,1-3H3. The van der Waals surface area contributed by atoms with E-state index in [0.29, 0.717) is 33.9 Å². The number of hydrogen-bond donors (Lipinski definition) is 0. The Hall–Kier alpha value is 0.180. The van der Waals surface area contributed by atoms with Crippen LogP contribution in [0.4, 0.5) is 13.2 Å². The molecule has 8 heteroatoms. The fraction of sp³-hybridized carbons (Fsp3) is 0.951. The fourth-order valence-corrected chi connectivity index (χ4v) is 17.6. The van der Waals surface area contributed by atoms with Crippen molar-refractivity contribution in [2.45, 2.75) is 187 Å². The Kier molecular flexibility index (Phi) is 11.9. The molecule has 0 bridgehead atoms. The van der Waals surface area contributed by atoms with Gasteiger partial charge in [-0.1, -0.05) is 59.3 Å². The lowest BCUT2D eigenvalue weighted by atomic mass is 9.58. The van der Waals surface area contributed by atoms with Crippen LogP contribution in [0.3, 0.4) is 0 Å². The van der Waals surface area contributed by atoms with Gasteiger partial charge in [-0.15, -0.1) is 0 Å². The van der Waals surface area contributed by atoms with Crippen molar-refractivity contribution in [3.8, 4) is 0 Å². The van der Waals surface area contributed by atoms with Crippen LogP contribution >= 0.6 is 35.3 Å². The van der Waals surface area contributed by atoms with Gasteiger partial charge in [0.05, 0.1) is 5.92 Å². The zero-order valence-corrected chi connectivity index (χ0v) is 32.8. The molecular weight excluding hydrogens is 678 g/mol. The van der Waals surface area contributed by atoms with Crippen LogP contribution < -0.4 is 0 Å². The summed E-state index contributed by atoms with van der Waals surface area (Å²) >= 11 is 5.88. The van der Waals surface area contributed by atoms with Crippen LogP contribution in [0, 0.1) is 52.8 Å². The van der Waals surface area contributed by atoms with E-state index in [0.717, 1.165) is 56.3 Å². The molecule has 12 atom stereocenters. The van der Waals surface area contributed by atoms with E-state index in [1.807, 2.05) is 0 Å². The highest BCUT2D eigenvalue weighted by molar-refractivity contribution is 8.01. The van der Waals surface area contributed by atoms with E-state index >= 15 is 4.79 Å². The van der Waals surface area contributed by atoms with Crippen molar-refractivity contribution in [3.63, 3.8) is 0 Å². The first-order chi connectivity index (χ1) is 23.4. The van der Waals surface area contributed by atoms with Crippen molar-refractivity contribution in [1.82, 2.24) is 0 Å². The summed E-state index contributed by atoms with van der Waals surface area (Å²) in [6, 6.07) is 0.